The molecule has 0 spiro atoms. The van der Waals surface area contributed by atoms with Gasteiger partial charge < -0.3 is 14.1 Å². The molecule has 1 saturated carbocycles. The lowest BCUT2D eigenvalue weighted by Gasteiger charge is -2.20. The number of fused-ring (bicyclic) bond motifs is 1. The van der Waals surface area contributed by atoms with Crippen molar-refractivity contribution >= 4 is 17.0 Å². The van der Waals surface area contributed by atoms with Crippen molar-refractivity contribution < 1.29 is 13.9 Å². The maximum absolute atomic E-state index is 13.0. The van der Waals surface area contributed by atoms with Crippen LogP contribution < -0.4 is 5.56 Å². The summed E-state index contributed by atoms with van der Waals surface area (Å²) in [7, 11) is 1.62. The van der Waals surface area contributed by atoms with E-state index in [0.29, 0.717) is 43.4 Å². The van der Waals surface area contributed by atoms with E-state index in [1.54, 1.807) is 18.9 Å². The van der Waals surface area contributed by atoms with Gasteiger partial charge in [-0.15, -0.1) is 0 Å². The molecule has 1 fully saturated rings. The van der Waals surface area contributed by atoms with Gasteiger partial charge in [-0.2, -0.15) is 0 Å². The van der Waals surface area contributed by atoms with Crippen molar-refractivity contribution in [1.29, 1.82) is 0 Å². The lowest BCUT2D eigenvalue weighted by atomic mass is 10.1. The van der Waals surface area contributed by atoms with Crippen molar-refractivity contribution in [2.75, 3.05) is 26.8 Å². The number of hydrogen-bond donors (Lipinski definition) is 0. The maximum Gasteiger partial charge on any atom is 0.265 e. The van der Waals surface area contributed by atoms with Crippen LogP contribution in [0.15, 0.2) is 15.5 Å². The highest BCUT2D eigenvalue weighted by Crippen LogP contribution is 2.31. The number of ether oxygens (including phenoxy) is 1. The Hall–Kier alpha value is -2.15. The Morgan fingerprint density at radius 2 is 2.24 bits per heavy atom. The summed E-state index contributed by atoms with van der Waals surface area (Å²) in [6, 6.07) is 0. The van der Waals surface area contributed by atoms with Crippen LogP contribution in [0.2, 0.25) is 0 Å². The Morgan fingerprint density at radius 1 is 1.48 bits per heavy atom. The van der Waals surface area contributed by atoms with E-state index >= 15 is 0 Å². The third-order valence-corrected chi connectivity index (χ3v) is 4.66. The number of amides is 1. The lowest BCUT2D eigenvalue weighted by Crippen LogP contribution is -2.34. The van der Waals surface area contributed by atoms with E-state index < -0.39 is 0 Å². The summed E-state index contributed by atoms with van der Waals surface area (Å²) in [6.45, 7) is 6.08. The molecule has 1 aliphatic carbocycles. The molecule has 1 aliphatic rings. The average Bonchev–Trinajstić information content (AvgIpc) is 3.35. The van der Waals surface area contributed by atoms with Gasteiger partial charge in [-0.1, -0.05) is 0 Å². The molecule has 7 heteroatoms. The second-order valence-electron chi connectivity index (χ2n) is 6.59. The average molecular weight is 347 g/mol. The molecule has 0 radical (unpaired) electrons. The molecule has 2 aromatic rings. The molecule has 2 aromatic heterocycles. The lowest BCUT2D eigenvalue weighted by molar-refractivity contribution is 0.0756. The van der Waals surface area contributed by atoms with Gasteiger partial charge in [0.1, 0.15) is 17.5 Å². The first-order valence-corrected chi connectivity index (χ1v) is 8.83. The Labute approximate surface area is 146 Å². The molecule has 25 heavy (non-hydrogen) atoms. The summed E-state index contributed by atoms with van der Waals surface area (Å²) in [5.74, 6) is 0.902. The maximum atomic E-state index is 13.0. The molecule has 0 bridgehead atoms. The summed E-state index contributed by atoms with van der Waals surface area (Å²) < 4.78 is 12.1. The number of hydrogen-bond acceptors (Lipinski definition) is 5. The first-order chi connectivity index (χ1) is 12.1. The highest BCUT2D eigenvalue weighted by molar-refractivity contribution is 6.06. The molecule has 3 rings (SSSR count). The molecule has 0 atom stereocenters. The molecule has 7 nitrogen and oxygen atoms in total. The van der Waals surface area contributed by atoms with Crippen LogP contribution in [-0.2, 0) is 11.3 Å². The Balaban J connectivity index is 1.98. The van der Waals surface area contributed by atoms with Gasteiger partial charge >= 0.3 is 0 Å². The highest BCUT2D eigenvalue weighted by atomic mass is 16.5. The number of carbonyl (C=O) groups is 1. The zero-order valence-electron chi connectivity index (χ0n) is 15.1. The van der Waals surface area contributed by atoms with Crippen LogP contribution in [-0.4, -0.2) is 47.2 Å². The van der Waals surface area contributed by atoms with E-state index in [0.717, 1.165) is 6.54 Å². The third-order valence-electron chi connectivity index (χ3n) is 4.66. The minimum Gasteiger partial charge on any atom is -0.442 e. The first-order valence-electron chi connectivity index (χ1n) is 8.83. The predicted molar refractivity (Wildman–Crippen MR) is 93.8 cm³/mol. The SMILES string of the molecule is CCN(CC1CC1)C(=O)c1c(C)oc2ncn(CCCOC)c(=O)c12. The van der Waals surface area contributed by atoms with Gasteiger partial charge in [0, 0.05) is 33.4 Å². The van der Waals surface area contributed by atoms with E-state index in [2.05, 4.69) is 4.98 Å². The molecule has 1 amide bonds. The minimum atomic E-state index is -0.233. The quantitative estimate of drug-likeness (QED) is 0.684. The predicted octanol–water partition coefficient (Wildman–Crippen LogP) is 2.21. The molecule has 2 heterocycles. The molecule has 0 aliphatic heterocycles. The fourth-order valence-electron chi connectivity index (χ4n) is 3.06. The molecular weight excluding hydrogens is 322 g/mol. The second kappa shape index (κ2) is 7.39. The smallest absolute Gasteiger partial charge is 0.265 e. The zero-order valence-corrected chi connectivity index (χ0v) is 15.1. The van der Waals surface area contributed by atoms with Gasteiger partial charge in [-0.3, -0.25) is 14.2 Å². The van der Waals surface area contributed by atoms with E-state index in [9.17, 15) is 9.59 Å². The number of methoxy groups -OCH3 is 1. The van der Waals surface area contributed by atoms with Gasteiger partial charge in [0.25, 0.3) is 11.5 Å². The molecule has 0 aromatic carbocycles. The normalized spacial score (nSPS) is 14.2. The highest BCUT2D eigenvalue weighted by Gasteiger charge is 2.30. The largest absolute Gasteiger partial charge is 0.442 e. The van der Waals surface area contributed by atoms with Gasteiger partial charge in [0.15, 0.2) is 0 Å². The van der Waals surface area contributed by atoms with Crippen molar-refractivity contribution in [3.63, 3.8) is 0 Å². The van der Waals surface area contributed by atoms with E-state index in [1.807, 2.05) is 6.92 Å². The van der Waals surface area contributed by atoms with Gasteiger partial charge in [0.2, 0.25) is 5.71 Å². The standard InChI is InChI=1S/C18H25N3O4/c1-4-20(10-13-6-7-13)17(22)14-12(2)25-16-15(14)18(23)21(11-19-16)8-5-9-24-3/h11,13H,4-10H2,1-3H3. The number of carbonyl (C=O) groups excluding carboxylic acids is 1. The molecule has 0 saturated heterocycles. The Kier molecular flexibility index (Phi) is 5.22. The van der Waals surface area contributed by atoms with Crippen LogP contribution in [0.25, 0.3) is 11.1 Å². The van der Waals surface area contributed by atoms with E-state index in [4.69, 9.17) is 9.15 Å². The summed E-state index contributed by atoms with van der Waals surface area (Å²) >= 11 is 0. The number of nitrogens with zero attached hydrogens (tertiary/aromatic N) is 3. The third kappa shape index (κ3) is 3.61. The number of furan rings is 1. The first kappa shape index (κ1) is 17.7. The second-order valence-corrected chi connectivity index (χ2v) is 6.59. The number of aromatic nitrogens is 2. The molecule has 136 valence electrons. The van der Waals surface area contributed by atoms with Crippen LogP contribution in [0, 0.1) is 12.8 Å². The van der Waals surface area contributed by atoms with E-state index in [-0.39, 0.29) is 22.6 Å². The van der Waals surface area contributed by atoms with Gasteiger partial charge in [0.05, 0.1) is 5.56 Å². The molecule has 0 N–H and O–H groups in total. The van der Waals surface area contributed by atoms with Crippen molar-refractivity contribution in [3.05, 3.63) is 28.0 Å². The number of rotatable bonds is 8. The van der Waals surface area contributed by atoms with Gasteiger partial charge in [-0.25, -0.2) is 4.98 Å². The topological polar surface area (TPSA) is 77.6 Å². The van der Waals surface area contributed by atoms with Crippen molar-refractivity contribution in [1.82, 2.24) is 14.5 Å². The van der Waals surface area contributed by atoms with E-state index in [1.165, 1.54) is 23.7 Å². The van der Waals surface area contributed by atoms with Crippen LogP contribution in [0.4, 0.5) is 0 Å². The van der Waals surface area contributed by atoms with Crippen molar-refractivity contribution in [2.45, 2.75) is 39.7 Å². The Bertz CT molecular complexity index is 820. The zero-order chi connectivity index (χ0) is 18.0. The fourth-order valence-corrected chi connectivity index (χ4v) is 3.06. The van der Waals surface area contributed by atoms with Crippen LogP contribution in [0.1, 0.15) is 42.3 Å². The summed E-state index contributed by atoms with van der Waals surface area (Å²) in [5.41, 5.74) is 0.358. The number of aryl methyl sites for hydroxylation is 2. The van der Waals surface area contributed by atoms with Crippen molar-refractivity contribution in [3.8, 4) is 0 Å². The summed E-state index contributed by atoms with van der Waals surface area (Å²) in [5, 5.41) is 0.289. The van der Waals surface area contributed by atoms with Gasteiger partial charge in [-0.05, 0) is 39.0 Å². The molecular formula is C18H25N3O4. The Morgan fingerprint density at radius 3 is 2.88 bits per heavy atom. The fraction of sp³-hybridized carbons (Fsp3) is 0.611. The van der Waals surface area contributed by atoms with Crippen LogP contribution in [0.3, 0.4) is 0 Å². The van der Waals surface area contributed by atoms with Crippen LogP contribution in [0.5, 0.6) is 0 Å². The summed E-state index contributed by atoms with van der Waals surface area (Å²) in [4.78, 5) is 31.9. The van der Waals surface area contributed by atoms with Crippen LogP contribution >= 0.6 is 0 Å². The monoisotopic (exact) mass is 347 g/mol. The minimum absolute atomic E-state index is 0.140. The van der Waals surface area contributed by atoms with Crippen molar-refractivity contribution in [2.24, 2.45) is 5.92 Å². The summed E-state index contributed by atoms with van der Waals surface area (Å²) in [6.07, 6.45) is 4.51. The molecule has 0 unspecified atom stereocenters.